The summed E-state index contributed by atoms with van der Waals surface area (Å²) in [7, 11) is 0. The second-order valence-electron chi connectivity index (χ2n) is 12.2. The summed E-state index contributed by atoms with van der Waals surface area (Å²) in [4.78, 5) is 0. The van der Waals surface area contributed by atoms with Crippen LogP contribution in [0.5, 0.6) is 0 Å². The zero-order valence-electron chi connectivity index (χ0n) is 41.5. The van der Waals surface area contributed by atoms with Crippen LogP contribution >= 0.6 is 0 Å². The van der Waals surface area contributed by atoms with Gasteiger partial charge in [-0.15, -0.1) is 0 Å². The molecule has 11 rings (SSSR count). The summed E-state index contributed by atoms with van der Waals surface area (Å²) in [5.41, 5.74) is 1.16. The largest absolute Gasteiger partial charge is 0.456 e. The van der Waals surface area contributed by atoms with E-state index in [1.54, 1.807) is 4.57 Å². The maximum Gasteiger partial charge on any atom is 0.137 e. The fraction of sp³-hybridized carbons (Fsp3) is 0. The zero-order valence-corrected chi connectivity index (χ0v) is 26.5. The highest BCUT2D eigenvalue weighted by atomic mass is 16.3. The van der Waals surface area contributed by atoms with Crippen LogP contribution in [0.3, 0.4) is 0 Å². The van der Waals surface area contributed by atoms with Gasteiger partial charge in [0.25, 0.3) is 0 Å². The van der Waals surface area contributed by atoms with Gasteiger partial charge in [0.15, 0.2) is 0 Å². The number of aromatic nitrogens is 2. The van der Waals surface area contributed by atoms with Crippen molar-refractivity contribution in [2.75, 3.05) is 0 Å². The molecular weight excluding hydrogens is 621 g/mol. The van der Waals surface area contributed by atoms with Crippen LogP contribution in [0.2, 0.25) is 0 Å². The Morgan fingerprint density at radius 1 is 0.412 bits per heavy atom. The third-order valence-electron chi connectivity index (χ3n) is 9.40. The first-order valence-corrected chi connectivity index (χ1v) is 16.2. The fourth-order valence-electron chi connectivity index (χ4n) is 7.24. The molecule has 8 aromatic carbocycles. The maximum absolute atomic E-state index is 9.79. The minimum absolute atomic E-state index is 0.0249. The van der Waals surface area contributed by atoms with Gasteiger partial charge in [-0.2, -0.15) is 0 Å². The Balaban J connectivity index is 1.25. The smallest absolute Gasteiger partial charge is 0.137 e. The molecule has 0 unspecified atom stereocenters. The van der Waals surface area contributed by atoms with E-state index in [4.69, 9.17) is 18.1 Å². The third-order valence-corrected chi connectivity index (χ3v) is 9.40. The summed E-state index contributed by atoms with van der Waals surface area (Å²) in [5, 5.41) is 3.48. The van der Waals surface area contributed by atoms with Gasteiger partial charge < -0.3 is 13.6 Å². The molecule has 0 aliphatic heterocycles. The van der Waals surface area contributed by atoms with Crippen molar-refractivity contribution in [3.05, 3.63) is 182 Å². The molecule has 0 spiro atoms. The maximum atomic E-state index is 9.79. The predicted octanol–water partition coefficient (Wildman–Crippen LogP) is 13.1. The second kappa shape index (κ2) is 10.8. The molecule has 0 aliphatic carbocycles. The number of benzene rings is 8. The molecule has 0 aliphatic rings. The molecular formula is C48H30N2O. The molecule has 3 aromatic heterocycles. The van der Waals surface area contributed by atoms with Crippen molar-refractivity contribution >= 4 is 65.6 Å². The quantitative estimate of drug-likeness (QED) is 0.183. The van der Waals surface area contributed by atoms with Crippen LogP contribution in [-0.2, 0) is 0 Å². The molecule has 11 aromatic rings. The number of rotatable bonds is 4. The van der Waals surface area contributed by atoms with E-state index in [1.807, 2.05) is 66.7 Å². The van der Waals surface area contributed by atoms with Gasteiger partial charge in [-0.3, -0.25) is 0 Å². The number of hydrogen-bond acceptors (Lipinski definition) is 1. The van der Waals surface area contributed by atoms with E-state index in [1.165, 1.54) is 0 Å². The van der Waals surface area contributed by atoms with Gasteiger partial charge in [-0.05, 0) is 88.9 Å². The van der Waals surface area contributed by atoms with Crippen LogP contribution in [0.25, 0.3) is 99.2 Å². The van der Waals surface area contributed by atoms with Gasteiger partial charge in [0, 0.05) is 32.6 Å². The monoisotopic (exact) mass is 665 g/mol. The Morgan fingerprint density at radius 2 is 1.00 bits per heavy atom. The lowest BCUT2D eigenvalue weighted by Gasteiger charge is -2.11. The summed E-state index contributed by atoms with van der Waals surface area (Å²) in [5.74, 6) is 0. The average Bonchev–Trinajstić information content (AvgIpc) is 3.99. The number of nitrogens with zero attached hydrogens (tertiary/aromatic N) is 2. The molecule has 238 valence electrons. The Kier molecular flexibility index (Phi) is 3.65. The van der Waals surface area contributed by atoms with Gasteiger partial charge in [-0.25, -0.2) is 0 Å². The minimum Gasteiger partial charge on any atom is -0.456 e. The van der Waals surface area contributed by atoms with Crippen molar-refractivity contribution in [2.45, 2.75) is 0 Å². The van der Waals surface area contributed by atoms with Crippen molar-refractivity contribution < 1.29 is 25.0 Å². The molecule has 51 heavy (non-hydrogen) atoms. The van der Waals surface area contributed by atoms with Crippen LogP contribution in [0, 0.1) is 0 Å². The van der Waals surface area contributed by atoms with Crippen LogP contribution in [0.4, 0.5) is 0 Å². The zero-order chi connectivity index (χ0) is 46.5. The molecule has 0 amide bonds. The van der Waals surface area contributed by atoms with Crippen LogP contribution < -0.4 is 0 Å². The van der Waals surface area contributed by atoms with E-state index in [0.29, 0.717) is 11.0 Å². The third kappa shape index (κ3) is 4.19. The summed E-state index contributed by atoms with van der Waals surface area (Å²) < 4.78 is 144. The molecule has 0 fully saturated rings. The first-order valence-electron chi connectivity index (χ1n) is 23.7. The molecule has 3 heterocycles. The van der Waals surface area contributed by atoms with E-state index < -0.39 is 113 Å². The molecule has 3 nitrogen and oxygen atoms in total. The topological polar surface area (TPSA) is 23.0 Å². The van der Waals surface area contributed by atoms with Crippen LogP contribution in [0.15, 0.2) is 186 Å². The van der Waals surface area contributed by atoms with Gasteiger partial charge in [0.1, 0.15) is 11.2 Å². The van der Waals surface area contributed by atoms with Crippen molar-refractivity contribution in [3.63, 3.8) is 0 Å². The lowest BCUT2D eigenvalue weighted by atomic mass is 9.98. The standard InChI is InChI=1S/C48H30N2O/c1-2-12-31(13-3-1)32-14-10-15-33(28-32)34-24-27-46-40(29-34)48-45(22-11-23-47(48)51-46)50-43-21-9-6-18-38(43)39-30-35(25-26-44(39)50)49-41-19-7-4-16-36(41)37-17-5-8-20-42(37)49/h1-30H/i1D,2D,3D,10D,11D,12D,13D,14D,15D,22D,23D,24D,27D,28D,29D. The lowest BCUT2D eigenvalue weighted by molar-refractivity contribution is 0.669. The van der Waals surface area contributed by atoms with Crippen LogP contribution in [0.1, 0.15) is 20.6 Å². The first-order chi connectivity index (χ1) is 31.6. The normalized spacial score (nSPS) is 16.0. The highest BCUT2D eigenvalue weighted by Crippen LogP contribution is 2.41. The first kappa shape index (κ1) is 17.2. The highest BCUT2D eigenvalue weighted by Gasteiger charge is 2.20. The van der Waals surface area contributed by atoms with E-state index >= 15 is 0 Å². The Hall–Kier alpha value is -6.84. The Bertz CT molecular complexity index is 3940. The van der Waals surface area contributed by atoms with Crippen molar-refractivity contribution in [2.24, 2.45) is 0 Å². The second-order valence-corrected chi connectivity index (χ2v) is 12.2. The van der Waals surface area contributed by atoms with Crippen molar-refractivity contribution in [1.82, 2.24) is 9.13 Å². The SMILES string of the molecule is [2H]c1c([2H])c([2H])c(-c2c([2H])c([2H])c([2H])c(-c3c([2H])c([2H])c4oc5c([2H])c([2H])c([2H])c(-n6c7ccccc7c7cc(-n8c9ccccc9c9ccccc98)ccc76)c5c4c3[2H])c2[2H])c([2H])c1[2H]. The van der Waals surface area contributed by atoms with Gasteiger partial charge in [0.05, 0.1) is 53.7 Å². The lowest BCUT2D eigenvalue weighted by Crippen LogP contribution is -1.96. The van der Waals surface area contributed by atoms with Crippen molar-refractivity contribution in [3.8, 4) is 33.6 Å². The molecule has 0 N–H and O–H groups in total. The Labute approximate surface area is 314 Å². The molecule has 0 saturated carbocycles. The number of fused-ring (bicyclic) bond motifs is 9. The fourth-order valence-corrected chi connectivity index (χ4v) is 7.24. The summed E-state index contributed by atoms with van der Waals surface area (Å²) in [6.07, 6.45) is 0. The molecule has 0 atom stereocenters. The summed E-state index contributed by atoms with van der Waals surface area (Å²) in [6, 6.07) is 19.2. The average molecular weight is 666 g/mol. The molecule has 0 bridgehead atoms. The molecule has 0 radical (unpaired) electrons. The van der Waals surface area contributed by atoms with Gasteiger partial charge in [-0.1, -0.05) is 115 Å². The van der Waals surface area contributed by atoms with E-state index in [0.717, 1.165) is 38.3 Å². The van der Waals surface area contributed by atoms with Gasteiger partial charge in [0.2, 0.25) is 0 Å². The minimum atomic E-state index is -0.822. The summed E-state index contributed by atoms with van der Waals surface area (Å²) in [6.45, 7) is 0. The number of furan rings is 1. The molecule has 3 heteroatoms. The van der Waals surface area contributed by atoms with Crippen molar-refractivity contribution in [1.29, 1.82) is 0 Å². The number of hydrogen-bond donors (Lipinski definition) is 0. The van der Waals surface area contributed by atoms with E-state index in [2.05, 4.69) is 28.8 Å². The highest BCUT2D eigenvalue weighted by molar-refractivity contribution is 6.16. The van der Waals surface area contributed by atoms with E-state index in [-0.39, 0.29) is 27.6 Å². The summed E-state index contributed by atoms with van der Waals surface area (Å²) >= 11 is 0. The van der Waals surface area contributed by atoms with Crippen LogP contribution in [-0.4, -0.2) is 9.13 Å². The number of para-hydroxylation sites is 3. The Morgan fingerprint density at radius 3 is 1.75 bits per heavy atom. The van der Waals surface area contributed by atoms with Gasteiger partial charge >= 0.3 is 0 Å². The van der Waals surface area contributed by atoms with E-state index in [9.17, 15) is 6.85 Å². The molecule has 0 saturated heterocycles. The predicted molar refractivity (Wildman–Crippen MR) is 213 cm³/mol.